The fourth-order valence-corrected chi connectivity index (χ4v) is 3.50. The number of aryl methyl sites for hydroxylation is 1. The first kappa shape index (κ1) is 14.5. The molecule has 1 saturated carbocycles. The topological polar surface area (TPSA) is 35.2 Å². The molecule has 2 heteroatoms. The third kappa shape index (κ3) is 3.18. The largest absolute Gasteiger partial charge is 0.373 e. The molecule has 2 nitrogen and oxygen atoms in total. The van der Waals surface area contributed by atoms with Gasteiger partial charge in [-0.25, -0.2) is 0 Å². The van der Waals surface area contributed by atoms with Crippen molar-refractivity contribution in [3.05, 3.63) is 35.4 Å². The number of rotatable bonds is 4. The average molecular weight is 261 g/mol. The maximum Gasteiger partial charge on any atom is 0.0876 e. The van der Waals surface area contributed by atoms with Gasteiger partial charge in [0.1, 0.15) is 0 Å². The van der Waals surface area contributed by atoms with Crippen molar-refractivity contribution in [3.63, 3.8) is 0 Å². The fourth-order valence-electron chi connectivity index (χ4n) is 3.50. The van der Waals surface area contributed by atoms with Gasteiger partial charge in [-0.2, -0.15) is 0 Å². The van der Waals surface area contributed by atoms with Crippen LogP contribution in [0.4, 0.5) is 0 Å². The van der Waals surface area contributed by atoms with Gasteiger partial charge in [-0.1, -0.05) is 49.6 Å². The Morgan fingerprint density at radius 1 is 1.47 bits per heavy atom. The number of hydrogen-bond acceptors (Lipinski definition) is 2. The van der Waals surface area contributed by atoms with Crippen LogP contribution in [-0.2, 0) is 4.74 Å². The van der Waals surface area contributed by atoms with Crippen LogP contribution < -0.4 is 5.73 Å². The summed E-state index contributed by atoms with van der Waals surface area (Å²) in [5.74, 6) is 0.705. The van der Waals surface area contributed by atoms with Gasteiger partial charge in [0.05, 0.1) is 11.6 Å². The summed E-state index contributed by atoms with van der Waals surface area (Å²) >= 11 is 0. The second-order valence-electron chi connectivity index (χ2n) is 6.09. The summed E-state index contributed by atoms with van der Waals surface area (Å²) in [5.41, 5.74) is 8.91. The van der Waals surface area contributed by atoms with Crippen LogP contribution in [0.1, 0.15) is 56.7 Å². The first-order valence-electron chi connectivity index (χ1n) is 7.53. The highest BCUT2D eigenvalue weighted by atomic mass is 16.5. The van der Waals surface area contributed by atoms with Crippen LogP contribution >= 0.6 is 0 Å². The summed E-state index contributed by atoms with van der Waals surface area (Å²) in [4.78, 5) is 0. The maximum absolute atomic E-state index is 6.60. The predicted molar refractivity (Wildman–Crippen MR) is 80.1 cm³/mol. The zero-order valence-corrected chi connectivity index (χ0v) is 12.5. The van der Waals surface area contributed by atoms with Crippen LogP contribution in [-0.4, -0.2) is 12.2 Å². The van der Waals surface area contributed by atoms with Crippen molar-refractivity contribution < 1.29 is 4.74 Å². The van der Waals surface area contributed by atoms with Gasteiger partial charge in [0, 0.05) is 6.61 Å². The molecule has 0 saturated heterocycles. The second kappa shape index (κ2) is 6.06. The zero-order valence-electron chi connectivity index (χ0n) is 12.5. The Morgan fingerprint density at radius 2 is 2.26 bits per heavy atom. The molecule has 1 aliphatic rings. The zero-order chi connectivity index (χ0) is 13.9. The van der Waals surface area contributed by atoms with E-state index in [9.17, 15) is 0 Å². The summed E-state index contributed by atoms with van der Waals surface area (Å²) in [5, 5.41) is 0. The van der Waals surface area contributed by atoms with Crippen molar-refractivity contribution in [2.45, 2.75) is 58.1 Å². The number of nitrogens with two attached hydrogens (primary N) is 1. The Labute approximate surface area is 117 Å². The van der Waals surface area contributed by atoms with Crippen molar-refractivity contribution >= 4 is 0 Å². The van der Waals surface area contributed by atoms with Crippen molar-refractivity contribution in [3.8, 4) is 0 Å². The van der Waals surface area contributed by atoms with Crippen molar-refractivity contribution in [1.29, 1.82) is 0 Å². The second-order valence-corrected chi connectivity index (χ2v) is 6.09. The van der Waals surface area contributed by atoms with Crippen LogP contribution in [0.3, 0.4) is 0 Å². The van der Waals surface area contributed by atoms with E-state index in [2.05, 4.69) is 45.0 Å². The molecule has 2 rings (SSSR count). The SMILES string of the molecule is CCOC1(C(N)c2cccc(C)c2)CCCC(C)C1. The molecule has 1 aromatic rings. The molecule has 0 aromatic heterocycles. The van der Waals surface area contributed by atoms with Gasteiger partial charge in [-0.3, -0.25) is 0 Å². The molecule has 0 amide bonds. The van der Waals surface area contributed by atoms with Gasteiger partial charge in [0.15, 0.2) is 0 Å². The molecule has 2 N–H and O–H groups in total. The number of ether oxygens (including phenoxy) is 1. The molecule has 3 atom stereocenters. The summed E-state index contributed by atoms with van der Waals surface area (Å²) in [6.07, 6.45) is 4.69. The molecule has 0 radical (unpaired) electrons. The quantitative estimate of drug-likeness (QED) is 0.889. The summed E-state index contributed by atoms with van der Waals surface area (Å²) in [6, 6.07) is 8.53. The highest BCUT2D eigenvalue weighted by Crippen LogP contribution is 2.42. The highest BCUT2D eigenvalue weighted by molar-refractivity contribution is 5.27. The summed E-state index contributed by atoms with van der Waals surface area (Å²) < 4.78 is 6.17. The Hall–Kier alpha value is -0.860. The molecule has 1 fully saturated rings. The molecule has 0 bridgehead atoms. The Kier molecular flexibility index (Phi) is 4.64. The van der Waals surface area contributed by atoms with Gasteiger partial charge in [0.2, 0.25) is 0 Å². The minimum atomic E-state index is -0.166. The average Bonchev–Trinajstić information content (AvgIpc) is 2.38. The molecule has 106 valence electrons. The lowest BCUT2D eigenvalue weighted by molar-refractivity contribution is -0.0938. The van der Waals surface area contributed by atoms with Gasteiger partial charge in [-0.05, 0) is 38.2 Å². The molecular weight excluding hydrogens is 234 g/mol. The lowest BCUT2D eigenvalue weighted by Gasteiger charge is -2.44. The molecule has 19 heavy (non-hydrogen) atoms. The predicted octanol–water partition coefficient (Wildman–Crippen LogP) is 3.98. The van der Waals surface area contributed by atoms with Crippen LogP contribution in [0, 0.1) is 12.8 Å². The normalized spacial score (nSPS) is 29.2. The van der Waals surface area contributed by atoms with Crippen LogP contribution in [0.15, 0.2) is 24.3 Å². The Balaban J connectivity index is 2.27. The molecular formula is C17H27NO. The van der Waals surface area contributed by atoms with E-state index < -0.39 is 0 Å². The molecule has 1 aliphatic carbocycles. The van der Waals surface area contributed by atoms with E-state index in [1.54, 1.807) is 0 Å². The minimum Gasteiger partial charge on any atom is -0.373 e. The fraction of sp³-hybridized carbons (Fsp3) is 0.647. The van der Waals surface area contributed by atoms with Crippen LogP contribution in [0.25, 0.3) is 0 Å². The van der Waals surface area contributed by atoms with Crippen molar-refractivity contribution in [2.75, 3.05) is 6.61 Å². The summed E-state index contributed by atoms with van der Waals surface area (Å²) in [6.45, 7) is 7.25. The first-order valence-corrected chi connectivity index (χ1v) is 7.53. The number of hydrogen-bond donors (Lipinski definition) is 1. The maximum atomic E-state index is 6.60. The van der Waals surface area contributed by atoms with Crippen LogP contribution in [0.2, 0.25) is 0 Å². The smallest absolute Gasteiger partial charge is 0.0876 e. The van der Waals surface area contributed by atoms with E-state index in [0.29, 0.717) is 5.92 Å². The van der Waals surface area contributed by atoms with E-state index in [0.717, 1.165) is 19.4 Å². The third-order valence-electron chi connectivity index (χ3n) is 4.39. The lowest BCUT2D eigenvalue weighted by Crippen LogP contribution is -2.47. The third-order valence-corrected chi connectivity index (χ3v) is 4.39. The monoisotopic (exact) mass is 261 g/mol. The van der Waals surface area contributed by atoms with E-state index in [4.69, 9.17) is 10.5 Å². The lowest BCUT2D eigenvalue weighted by atomic mass is 9.73. The van der Waals surface area contributed by atoms with Crippen molar-refractivity contribution in [2.24, 2.45) is 11.7 Å². The molecule has 0 aliphatic heterocycles. The minimum absolute atomic E-state index is 0.0184. The van der Waals surface area contributed by atoms with E-state index in [1.807, 2.05) is 0 Å². The number of benzene rings is 1. The van der Waals surface area contributed by atoms with E-state index >= 15 is 0 Å². The molecule has 1 aromatic carbocycles. The van der Waals surface area contributed by atoms with E-state index in [-0.39, 0.29) is 11.6 Å². The van der Waals surface area contributed by atoms with Gasteiger partial charge in [-0.15, -0.1) is 0 Å². The standard InChI is InChI=1S/C17H27NO/c1-4-19-17(10-6-8-14(3)12-17)16(18)15-9-5-7-13(2)11-15/h5,7,9,11,14,16H,4,6,8,10,12,18H2,1-3H3. The Bertz CT molecular complexity index is 413. The summed E-state index contributed by atoms with van der Waals surface area (Å²) in [7, 11) is 0. The first-order chi connectivity index (χ1) is 9.07. The van der Waals surface area contributed by atoms with Gasteiger partial charge >= 0.3 is 0 Å². The molecule has 3 unspecified atom stereocenters. The van der Waals surface area contributed by atoms with Crippen LogP contribution in [0.5, 0.6) is 0 Å². The molecule has 0 spiro atoms. The van der Waals surface area contributed by atoms with Gasteiger partial charge in [0.25, 0.3) is 0 Å². The molecule has 0 heterocycles. The van der Waals surface area contributed by atoms with Gasteiger partial charge < -0.3 is 10.5 Å². The highest BCUT2D eigenvalue weighted by Gasteiger charge is 2.41. The Morgan fingerprint density at radius 3 is 2.89 bits per heavy atom. The van der Waals surface area contributed by atoms with E-state index in [1.165, 1.54) is 24.0 Å². The van der Waals surface area contributed by atoms with Crippen molar-refractivity contribution in [1.82, 2.24) is 0 Å².